The first kappa shape index (κ1) is 13.6. The number of carbonyl (C=O) groups excluding carboxylic acids is 1. The molecule has 1 aliphatic heterocycles. The Morgan fingerprint density at radius 2 is 1.90 bits per heavy atom. The Morgan fingerprint density at radius 3 is 2.65 bits per heavy atom. The van der Waals surface area contributed by atoms with Crippen LogP contribution in [0.25, 0.3) is 0 Å². The molecule has 0 aliphatic carbocycles. The quantitative estimate of drug-likeness (QED) is 0.597. The van der Waals surface area contributed by atoms with E-state index in [2.05, 4.69) is 52.6 Å². The number of ketones is 1. The van der Waals surface area contributed by atoms with Gasteiger partial charge in [-0.3, -0.25) is 4.79 Å². The molecule has 0 bridgehead atoms. The largest absolute Gasteiger partial charge is 0.361 e. The standard InChI is InChI=1S/C17H16INO/c1-12-10-14-4-2-3-5-16(14)19(12)11-17(20)13-6-8-15(18)9-7-13/h2-9,12H,10-11H2,1H3. The third-order valence-electron chi connectivity index (χ3n) is 3.83. The zero-order valence-electron chi connectivity index (χ0n) is 11.3. The van der Waals surface area contributed by atoms with E-state index in [1.165, 1.54) is 11.3 Å². The molecule has 0 saturated carbocycles. The van der Waals surface area contributed by atoms with Gasteiger partial charge in [-0.2, -0.15) is 0 Å². The highest BCUT2D eigenvalue weighted by Gasteiger charge is 2.27. The van der Waals surface area contributed by atoms with Gasteiger partial charge in [-0.25, -0.2) is 0 Å². The van der Waals surface area contributed by atoms with Crippen LogP contribution in [0.4, 0.5) is 5.69 Å². The number of Topliss-reactive ketones (excluding diaryl/α,β-unsaturated/α-hetero) is 1. The van der Waals surface area contributed by atoms with Crippen LogP contribution in [-0.4, -0.2) is 18.4 Å². The maximum Gasteiger partial charge on any atom is 0.182 e. The first-order chi connectivity index (χ1) is 9.65. The second-order valence-corrected chi connectivity index (χ2v) is 6.49. The SMILES string of the molecule is CC1Cc2ccccc2N1CC(=O)c1ccc(I)cc1. The van der Waals surface area contributed by atoms with Gasteiger partial charge in [-0.15, -0.1) is 0 Å². The van der Waals surface area contributed by atoms with Gasteiger partial charge in [0.15, 0.2) is 5.78 Å². The molecule has 0 N–H and O–H groups in total. The summed E-state index contributed by atoms with van der Waals surface area (Å²) in [5.41, 5.74) is 3.34. The van der Waals surface area contributed by atoms with E-state index in [1.807, 2.05) is 30.3 Å². The van der Waals surface area contributed by atoms with Crippen molar-refractivity contribution in [3.8, 4) is 0 Å². The molecule has 0 saturated heterocycles. The van der Waals surface area contributed by atoms with Crippen LogP contribution in [0.1, 0.15) is 22.8 Å². The lowest BCUT2D eigenvalue weighted by molar-refractivity contribution is 0.0997. The van der Waals surface area contributed by atoms with E-state index < -0.39 is 0 Å². The van der Waals surface area contributed by atoms with E-state index in [9.17, 15) is 4.79 Å². The predicted octanol–water partition coefficient (Wildman–Crippen LogP) is 3.93. The van der Waals surface area contributed by atoms with E-state index in [4.69, 9.17) is 0 Å². The van der Waals surface area contributed by atoms with Crippen LogP contribution < -0.4 is 4.90 Å². The molecule has 3 heteroatoms. The monoisotopic (exact) mass is 377 g/mol. The lowest BCUT2D eigenvalue weighted by atomic mass is 10.1. The number of benzene rings is 2. The summed E-state index contributed by atoms with van der Waals surface area (Å²) in [5, 5.41) is 0. The second-order valence-electron chi connectivity index (χ2n) is 5.24. The molecule has 3 rings (SSSR count). The van der Waals surface area contributed by atoms with E-state index >= 15 is 0 Å². The van der Waals surface area contributed by atoms with Crippen LogP contribution >= 0.6 is 22.6 Å². The van der Waals surface area contributed by atoms with Crippen molar-refractivity contribution in [1.29, 1.82) is 0 Å². The minimum Gasteiger partial charge on any atom is -0.361 e. The van der Waals surface area contributed by atoms with Crippen LogP contribution in [0, 0.1) is 3.57 Å². The number of halogens is 1. The summed E-state index contributed by atoms with van der Waals surface area (Å²) in [5.74, 6) is 0.185. The number of rotatable bonds is 3. The van der Waals surface area contributed by atoms with Gasteiger partial charge in [-0.05, 0) is 59.7 Å². The number of para-hydroxylation sites is 1. The first-order valence-electron chi connectivity index (χ1n) is 6.78. The number of fused-ring (bicyclic) bond motifs is 1. The van der Waals surface area contributed by atoms with Crippen molar-refractivity contribution in [1.82, 2.24) is 0 Å². The fourth-order valence-corrected chi connectivity index (χ4v) is 3.11. The highest BCUT2D eigenvalue weighted by molar-refractivity contribution is 14.1. The van der Waals surface area contributed by atoms with Gasteiger partial charge in [0.25, 0.3) is 0 Å². The van der Waals surface area contributed by atoms with Gasteiger partial charge in [0.05, 0.1) is 6.54 Å². The molecular weight excluding hydrogens is 361 g/mol. The van der Waals surface area contributed by atoms with Crippen LogP contribution in [0.3, 0.4) is 0 Å². The molecule has 0 radical (unpaired) electrons. The van der Waals surface area contributed by atoms with Crippen LogP contribution in [0.2, 0.25) is 0 Å². The van der Waals surface area contributed by atoms with E-state index in [-0.39, 0.29) is 5.78 Å². The van der Waals surface area contributed by atoms with Gasteiger partial charge >= 0.3 is 0 Å². The second kappa shape index (κ2) is 5.56. The Labute approximate surface area is 132 Å². The van der Waals surface area contributed by atoms with E-state index in [1.54, 1.807) is 0 Å². The Morgan fingerprint density at radius 1 is 1.20 bits per heavy atom. The fourth-order valence-electron chi connectivity index (χ4n) is 2.75. The van der Waals surface area contributed by atoms with Crippen LogP contribution in [0.15, 0.2) is 48.5 Å². The summed E-state index contributed by atoms with van der Waals surface area (Å²) in [6, 6.07) is 16.6. The van der Waals surface area contributed by atoms with Crippen LogP contribution in [0.5, 0.6) is 0 Å². The normalized spacial score (nSPS) is 17.1. The molecule has 2 nitrogen and oxygen atoms in total. The molecule has 0 aromatic heterocycles. The fraction of sp³-hybridized carbons (Fsp3) is 0.235. The van der Waals surface area contributed by atoms with Crippen LogP contribution in [-0.2, 0) is 6.42 Å². The smallest absolute Gasteiger partial charge is 0.182 e. The summed E-state index contributed by atoms with van der Waals surface area (Å²) in [7, 11) is 0. The van der Waals surface area contributed by atoms with Crippen molar-refractivity contribution in [2.75, 3.05) is 11.4 Å². The maximum atomic E-state index is 12.4. The van der Waals surface area contributed by atoms with Crippen molar-refractivity contribution < 1.29 is 4.79 Å². The Balaban J connectivity index is 1.81. The number of hydrogen-bond donors (Lipinski definition) is 0. The van der Waals surface area contributed by atoms with Gasteiger partial charge in [-0.1, -0.05) is 30.3 Å². The Bertz CT molecular complexity index is 636. The summed E-state index contributed by atoms with van der Waals surface area (Å²) >= 11 is 2.25. The Kier molecular flexibility index (Phi) is 3.78. The maximum absolute atomic E-state index is 12.4. The van der Waals surface area contributed by atoms with Crippen molar-refractivity contribution in [3.63, 3.8) is 0 Å². The molecule has 2 aromatic rings. The zero-order chi connectivity index (χ0) is 14.1. The summed E-state index contributed by atoms with van der Waals surface area (Å²) < 4.78 is 1.15. The zero-order valence-corrected chi connectivity index (χ0v) is 13.5. The van der Waals surface area contributed by atoms with E-state index in [0.717, 1.165) is 15.6 Å². The molecule has 20 heavy (non-hydrogen) atoms. The predicted molar refractivity (Wildman–Crippen MR) is 90.4 cm³/mol. The van der Waals surface area contributed by atoms with Crippen molar-refractivity contribution >= 4 is 34.1 Å². The number of carbonyl (C=O) groups is 1. The van der Waals surface area contributed by atoms with Gasteiger partial charge in [0.1, 0.15) is 0 Å². The highest BCUT2D eigenvalue weighted by Crippen LogP contribution is 2.31. The molecule has 1 aliphatic rings. The third kappa shape index (κ3) is 2.59. The molecular formula is C17H16INO. The molecule has 1 unspecified atom stereocenters. The summed E-state index contributed by atoms with van der Waals surface area (Å²) in [6.07, 6.45) is 1.02. The lowest BCUT2D eigenvalue weighted by Crippen LogP contribution is -2.34. The van der Waals surface area contributed by atoms with Gasteiger partial charge < -0.3 is 4.90 Å². The molecule has 1 atom stereocenters. The highest BCUT2D eigenvalue weighted by atomic mass is 127. The molecule has 0 fully saturated rings. The van der Waals surface area contributed by atoms with Gasteiger partial charge in [0.2, 0.25) is 0 Å². The Hall–Kier alpha value is -1.36. The third-order valence-corrected chi connectivity index (χ3v) is 4.55. The first-order valence-corrected chi connectivity index (χ1v) is 7.86. The minimum atomic E-state index is 0.185. The average molecular weight is 377 g/mol. The summed E-state index contributed by atoms with van der Waals surface area (Å²) in [6.45, 7) is 2.64. The van der Waals surface area contributed by atoms with Crippen molar-refractivity contribution in [2.45, 2.75) is 19.4 Å². The topological polar surface area (TPSA) is 20.3 Å². The average Bonchev–Trinajstić information content (AvgIpc) is 2.76. The molecule has 2 aromatic carbocycles. The van der Waals surface area contributed by atoms with E-state index in [0.29, 0.717) is 12.6 Å². The molecule has 0 spiro atoms. The van der Waals surface area contributed by atoms with Crippen molar-refractivity contribution in [2.24, 2.45) is 0 Å². The van der Waals surface area contributed by atoms with Gasteiger partial charge in [0, 0.05) is 20.9 Å². The van der Waals surface area contributed by atoms with Crippen molar-refractivity contribution in [3.05, 3.63) is 63.2 Å². The molecule has 1 heterocycles. The number of hydrogen-bond acceptors (Lipinski definition) is 2. The lowest BCUT2D eigenvalue weighted by Gasteiger charge is -2.24. The minimum absolute atomic E-state index is 0.185. The molecule has 0 amide bonds. The number of nitrogens with zero attached hydrogens (tertiary/aromatic N) is 1. The number of anilines is 1. The summed E-state index contributed by atoms with van der Waals surface area (Å²) in [4.78, 5) is 14.6. The molecule has 102 valence electrons.